The molecule has 2 aromatic rings. The van der Waals surface area contributed by atoms with Gasteiger partial charge in [0.1, 0.15) is 23.9 Å². The number of carbonyl (C=O) groups excluding carboxylic acids is 2. The first-order valence-electron chi connectivity index (χ1n) is 13.8. The van der Waals surface area contributed by atoms with Crippen LogP contribution >= 0.6 is 0 Å². The highest BCUT2D eigenvalue weighted by molar-refractivity contribution is 6.05. The first-order chi connectivity index (χ1) is 19.6. The molecule has 0 aromatic heterocycles. The van der Waals surface area contributed by atoms with Crippen molar-refractivity contribution in [2.75, 3.05) is 60.2 Å². The third-order valence-corrected chi connectivity index (χ3v) is 7.03. The van der Waals surface area contributed by atoms with Gasteiger partial charge in [-0.25, -0.2) is 14.2 Å². The third-order valence-electron chi connectivity index (χ3n) is 7.03. The van der Waals surface area contributed by atoms with Crippen molar-refractivity contribution in [3.05, 3.63) is 59.4 Å². The Labute approximate surface area is 241 Å². The Morgan fingerprint density at radius 2 is 1.80 bits per heavy atom. The lowest BCUT2D eigenvalue weighted by atomic mass is 9.97. The number of amides is 3. The largest absolute Gasteiger partial charge is 0.497 e. The Kier molecular flexibility index (Phi) is 9.82. The number of carbonyl (C=O) groups is 2. The Bertz CT molecular complexity index is 1240. The lowest BCUT2D eigenvalue weighted by Crippen LogP contribution is -2.53. The van der Waals surface area contributed by atoms with Crippen LogP contribution in [-0.4, -0.2) is 98.2 Å². The molecule has 0 aliphatic carbocycles. The van der Waals surface area contributed by atoms with E-state index in [1.54, 1.807) is 32.4 Å². The van der Waals surface area contributed by atoms with E-state index in [1.807, 2.05) is 32.9 Å². The number of hydrazone groups is 1. The highest BCUT2D eigenvalue weighted by Crippen LogP contribution is 2.36. The molecule has 10 nitrogen and oxygen atoms in total. The highest BCUT2D eigenvalue weighted by Gasteiger charge is 2.36. The summed E-state index contributed by atoms with van der Waals surface area (Å²) >= 11 is 0. The zero-order valence-electron chi connectivity index (χ0n) is 24.5. The first-order valence-corrected chi connectivity index (χ1v) is 13.8. The van der Waals surface area contributed by atoms with Gasteiger partial charge in [-0.3, -0.25) is 9.69 Å². The average molecular weight is 570 g/mol. The molecule has 2 aliphatic heterocycles. The van der Waals surface area contributed by atoms with Crippen LogP contribution in [0.5, 0.6) is 11.5 Å². The quantitative estimate of drug-likeness (QED) is 0.495. The van der Waals surface area contributed by atoms with E-state index in [0.717, 1.165) is 24.2 Å². The summed E-state index contributed by atoms with van der Waals surface area (Å²) in [6.45, 7) is 9.36. The van der Waals surface area contributed by atoms with E-state index in [9.17, 15) is 14.0 Å². The van der Waals surface area contributed by atoms with E-state index in [4.69, 9.17) is 19.3 Å². The summed E-state index contributed by atoms with van der Waals surface area (Å²) in [6.07, 6.45) is 0.391. The molecule has 0 radical (unpaired) electrons. The van der Waals surface area contributed by atoms with E-state index < -0.39 is 11.6 Å². The fraction of sp³-hybridized carbons (Fsp3) is 0.500. The number of rotatable bonds is 9. The van der Waals surface area contributed by atoms with Crippen LogP contribution in [0.15, 0.2) is 47.6 Å². The van der Waals surface area contributed by atoms with Crippen LogP contribution in [0.3, 0.4) is 0 Å². The molecular formula is C30H40FN5O5. The normalized spacial score (nSPS) is 17.7. The standard InChI is InChI=1S/C30H40FN5O5/c1-30(2,3)32-29(38)35(13-12-34-14-16-41-17-15-34)20-28(37)36-26(21-6-8-22(31)9-7-21)19-25(33-36)24-11-10-23(39-4)18-27(24)40-5/h6-11,18,26H,12-17,19-20H2,1-5H3,(H,32,38)/t26-/m1/s1. The fourth-order valence-corrected chi connectivity index (χ4v) is 4.86. The number of nitrogens with zero attached hydrogens (tertiary/aromatic N) is 4. The maximum Gasteiger partial charge on any atom is 0.318 e. The fourth-order valence-electron chi connectivity index (χ4n) is 4.86. The van der Waals surface area contributed by atoms with Crippen LogP contribution in [0.25, 0.3) is 0 Å². The van der Waals surface area contributed by atoms with Gasteiger partial charge in [0.15, 0.2) is 0 Å². The number of urea groups is 1. The first kappa shape index (κ1) is 30.3. The van der Waals surface area contributed by atoms with Gasteiger partial charge in [-0.05, 0) is 50.6 Å². The van der Waals surface area contributed by atoms with E-state index in [1.165, 1.54) is 22.0 Å². The molecule has 1 atom stereocenters. The predicted molar refractivity (Wildman–Crippen MR) is 154 cm³/mol. The lowest BCUT2D eigenvalue weighted by Gasteiger charge is -2.32. The van der Waals surface area contributed by atoms with Gasteiger partial charge in [0.2, 0.25) is 0 Å². The molecule has 3 amide bonds. The minimum absolute atomic E-state index is 0.166. The number of methoxy groups -OCH3 is 2. The van der Waals surface area contributed by atoms with Gasteiger partial charge in [-0.2, -0.15) is 5.10 Å². The van der Waals surface area contributed by atoms with Crippen LogP contribution in [0.4, 0.5) is 9.18 Å². The number of benzene rings is 2. The van der Waals surface area contributed by atoms with E-state index in [2.05, 4.69) is 10.2 Å². The van der Waals surface area contributed by atoms with Crippen molar-refractivity contribution >= 4 is 17.6 Å². The number of hydrogen-bond donors (Lipinski definition) is 1. The second-order valence-corrected chi connectivity index (χ2v) is 11.2. The molecule has 1 saturated heterocycles. The maximum atomic E-state index is 13.9. The van der Waals surface area contributed by atoms with Gasteiger partial charge >= 0.3 is 6.03 Å². The Morgan fingerprint density at radius 3 is 2.44 bits per heavy atom. The number of nitrogens with one attached hydrogen (secondary N) is 1. The van der Waals surface area contributed by atoms with Gasteiger partial charge in [-0.15, -0.1) is 0 Å². The van der Waals surface area contributed by atoms with Crippen molar-refractivity contribution in [2.45, 2.75) is 38.8 Å². The molecule has 1 fully saturated rings. The van der Waals surface area contributed by atoms with E-state index >= 15 is 0 Å². The number of ether oxygens (including phenoxy) is 3. The molecule has 222 valence electrons. The van der Waals surface area contributed by atoms with Crippen LogP contribution in [0.2, 0.25) is 0 Å². The second-order valence-electron chi connectivity index (χ2n) is 11.2. The van der Waals surface area contributed by atoms with Crippen molar-refractivity contribution in [1.82, 2.24) is 20.1 Å². The van der Waals surface area contributed by atoms with Crippen molar-refractivity contribution in [3.63, 3.8) is 0 Å². The van der Waals surface area contributed by atoms with E-state index in [-0.39, 0.29) is 24.3 Å². The minimum Gasteiger partial charge on any atom is -0.497 e. The lowest BCUT2D eigenvalue weighted by molar-refractivity contribution is -0.133. The predicted octanol–water partition coefficient (Wildman–Crippen LogP) is 3.66. The Morgan fingerprint density at radius 1 is 1.10 bits per heavy atom. The highest BCUT2D eigenvalue weighted by atomic mass is 19.1. The van der Waals surface area contributed by atoms with Crippen molar-refractivity contribution in [3.8, 4) is 11.5 Å². The Balaban J connectivity index is 1.61. The van der Waals surface area contributed by atoms with Gasteiger partial charge in [0.05, 0.1) is 39.2 Å². The minimum atomic E-state index is -0.475. The van der Waals surface area contributed by atoms with Gasteiger partial charge < -0.3 is 24.4 Å². The molecule has 2 heterocycles. The van der Waals surface area contributed by atoms with Crippen LogP contribution in [0, 0.1) is 5.82 Å². The maximum absolute atomic E-state index is 13.9. The van der Waals surface area contributed by atoms with Crippen molar-refractivity contribution < 1.29 is 28.2 Å². The zero-order valence-corrected chi connectivity index (χ0v) is 24.5. The number of hydrogen-bond acceptors (Lipinski definition) is 7. The van der Waals surface area contributed by atoms with E-state index in [0.29, 0.717) is 49.9 Å². The van der Waals surface area contributed by atoms with Crippen LogP contribution < -0.4 is 14.8 Å². The molecule has 11 heteroatoms. The van der Waals surface area contributed by atoms with Crippen molar-refractivity contribution in [2.24, 2.45) is 5.10 Å². The number of halogens is 1. The zero-order chi connectivity index (χ0) is 29.6. The monoisotopic (exact) mass is 569 g/mol. The van der Waals surface area contributed by atoms with Crippen LogP contribution in [-0.2, 0) is 9.53 Å². The summed E-state index contributed by atoms with van der Waals surface area (Å²) in [4.78, 5) is 30.9. The summed E-state index contributed by atoms with van der Waals surface area (Å²) in [5.41, 5.74) is 1.64. The van der Waals surface area contributed by atoms with Gasteiger partial charge in [0, 0.05) is 49.8 Å². The molecule has 2 aliphatic rings. The summed E-state index contributed by atoms with van der Waals surface area (Å²) in [7, 11) is 3.14. The smallest absolute Gasteiger partial charge is 0.318 e. The molecule has 4 rings (SSSR count). The molecule has 0 spiro atoms. The summed E-state index contributed by atoms with van der Waals surface area (Å²) in [5, 5.41) is 9.13. The second kappa shape index (κ2) is 13.3. The van der Waals surface area contributed by atoms with Crippen molar-refractivity contribution in [1.29, 1.82) is 0 Å². The van der Waals surface area contributed by atoms with Crippen LogP contribution in [0.1, 0.15) is 44.4 Å². The molecule has 2 aromatic carbocycles. The topological polar surface area (TPSA) is 95.9 Å². The average Bonchev–Trinajstić information content (AvgIpc) is 3.40. The SMILES string of the molecule is COc1ccc(C2=NN(C(=O)CN(CCN3CCOCC3)C(=O)NC(C)(C)C)[C@@H](c3ccc(F)cc3)C2)c(OC)c1. The Hall–Kier alpha value is -3.70. The molecule has 0 bridgehead atoms. The summed E-state index contributed by atoms with van der Waals surface area (Å²) < 4.78 is 30.1. The molecule has 0 unspecified atom stereocenters. The molecule has 41 heavy (non-hydrogen) atoms. The summed E-state index contributed by atoms with van der Waals surface area (Å²) in [6, 6.07) is 10.7. The molecular weight excluding hydrogens is 529 g/mol. The molecule has 1 N–H and O–H groups in total. The van der Waals surface area contributed by atoms with Gasteiger partial charge in [-0.1, -0.05) is 12.1 Å². The number of morpholine rings is 1. The third kappa shape index (κ3) is 7.95. The summed E-state index contributed by atoms with van der Waals surface area (Å²) in [5.74, 6) is 0.489. The van der Waals surface area contributed by atoms with Gasteiger partial charge in [0.25, 0.3) is 5.91 Å². The molecule has 0 saturated carbocycles.